The normalized spacial score (nSPS) is 26.8. The van der Waals surface area contributed by atoms with E-state index in [0.717, 1.165) is 32.7 Å². The second-order valence-corrected chi connectivity index (χ2v) is 2.83. The first-order valence-corrected chi connectivity index (χ1v) is 4.16. The molecular weight excluding hydrogens is 138 g/mol. The summed E-state index contributed by atoms with van der Waals surface area (Å²) in [6.45, 7) is 8.70. The van der Waals surface area contributed by atoms with E-state index in [1.165, 1.54) is 0 Å². The minimum Gasteiger partial charge on any atom is -0.329 e. The highest BCUT2D eigenvalue weighted by Gasteiger charge is 2.17. The topological polar surface area (TPSA) is 41.3 Å². The van der Waals surface area contributed by atoms with Gasteiger partial charge in [-0.3, -0.25) is 4.90 Å². The number of nitrogens with zero attached hydrogens (tertiary/aromatic N) is 1. The van der Waals surface area contributed by atoms with Gasteiger partial charge in [0.1, 0.15) is 0 Å². The molecule has 3 heteroatoms. The summed E-state index contributed by atoms with van der Waals surface area (Å²) in [5.41, 5.74) is 5.48. The van der Waals surface area contributed by atoms with Crippen molar-refractivity contribution in [3.05, 3.63) is 12.7 Å². The Morgan fingerprint density at radius 2 is 2.55 bits per heavy atom. The number of piperazine rings is 1. The molecule has 0 aliphatic carbocycles. The van der Waals surface area contributed by atoms with Crippen molar-refractivity contribution in [3.8, 4) is 0 Å². The van der Waals surface area contributed by atoms with E-state index in [0.29, 0.717) is 6.04 Å². The Morgan fingerprint density at radius 3 is 3.18 bits per heavy atom. The molecule has 3 N–H and O–H groups in total. The van der Waals surface area contributed by atoms with Crippen LogP contribution in [0.3, 0.4) is 0 Å². The average molecular weight is 155 g/mol. The Morgan fingerprint density at radius 1 is 1.73 bits per heavy atom. The van der Waals surface area contributed by atoms with E-state index in [4.69, 9.17) is 5.73 Å². The van der Waals surface area contributed by atoms with Gasteiger partial charge in [-0.1, -0.05) is 6.08 Å². The second kappa shape index (κ2) is 4.49. The van der Waals surface area contributed by atoms with Crippen LogP contribution in [0.25, 0.3) is 0 Å². The Kier molecular flexibility index (Phi) is 3.56. The molecular formula is C8H17N3. The van der Waals surface area contributed by atoms with Crippen LogP contribution in [0, 0.1) is 0 Å². The number of hydrogen-bond acceptors (Lipinski definition) is 3. The fraction of sp³-hybridized carbons (Fsp3) is 0.750. The molecule has 11 heavy (non-hydrogen) atoms. The Bertz CT molecular complexity index is 123. The molecule has 1 heterocycles. The van der Waals surface area contributed by atoms with Crippen LogP contribution in [-0.4, -0.2) is 43.7 Å². The Hall–Kier alpha value is -0.380. The maximum atomic E-state index is 5.48. The first kappa shape index (κ1) is 8.71. The molecule has 0 amide bonds. The number of nitrogens with one attached hydrogen (secondary N) is 1. The van der Waals surface area contributed by atoms with Crippen molar-refractivity contribution in [2.45, 2.75) is 6.04 Å². The van der Waals surface area contributed by atoms with E-state index in [-0.39, 0.29) is 0 Å². The van der Waals surface area contributed by atoms with Gasteiger partial charge in [-0.05, 0) is 0 Å². The van der Waals surface area contributed by atoms with Crippen LogP contribution in [-0.2, 0) is 0 Å². The fourth-order valence-corrected chi connectivity index (χ4v) is 1.44. The lowest BCUT2D eigenvalue weighted by Gasteiger charge is -2.33. The van der Waals surface area contributed by atoms with Gasteiger partial charge in [0.2, 0.25) is 0 Å². The van der Waals surface area contributed by atoms with Crippen LogP contribution >= 0.6 is 0 Å². The van der Waals surface area contributed by atoms with Gasteiger partial charge in [0.05, 0.1) is 0 Å². The molecule has 1 atom stereocenters. The lowest BCUT2D eigenvalue weighted by molar-refractivity contribution is 0.198. The molecule has 0 aromatic heterocycles. The lowest BCUT2D eigenvalue weighted by Crippen LogP contribution is -2.51. The zero-order valence-electron chi connectivity index (χ0n) is 6.92. The predicted octanol–water partition coefficient (Wildman–Crippen LogP) is -0.595. The van der Waals surface area contributed by atoms with E-state index in [2.05, 4.69) is 16.8 Å². The Balaban J connectivity index is 2.37. The Labute approximate surface area is 68.2 Å². The fourth-order valence-electron chi connectivity index (χ4n) is 1.44. The molecule has 0 radical (unpaired) electrons. The molecule has 0 aromatic rings. The number of hydrogen-bond donors (Lipinski definition) is 2. The smallest absolute Gasteiger partial charge is 0.0401 e. The molecule has 0 aromatic carbocycles. The summed E-state index contributed by atoms with van der Waals surface area (Å²) < 4.78 is 0. The zero-order valence-corrected chi connectivity index (χ0v) is 6.92. The van der Waals surface area contributed by atoms with Crippen molar-refractivity contribution in [2.75, 3.05) is 32.7 Å². The van der Waals surface area contributed by atoms with E-state index >= 15 is 0 Å². The van der Waals surface area contributed by atoms with E-state index < -0.39 is 0 Å². The summed E-state index contributed by atoms with van der Waals surface area (Å²) in [6.07, 6.45) is 1.99. The molecule has 0 spiro atoms. The third-order valence-electron chi connectivity index (χ3n) is 2.09. The van der Waals surface area contributed by atoms with Crippen LogP contribution in [0.5, 0.6) is 0 Å². The standard InChI is InChI=1S/C8H17N3/c1-2-8-7-10-4-6-11(8)5-3-9/h2,8,10H,1,3-7,9H2. The molecule has 1 aliphatic heterocycles. The number of rotatable bonds is 3. The highest BCUT2D eigenvalue weighted by Crippen LogP contribution is 2.02. The highest BCUT2D eigenvalue weighted by atomic mass is 15.2. The maximum absolute atomic E-state index is 5.48. The molecule has 1 unspecified atom stereocenters. The summed E-state index contributed by atoms with van der Waals surface area (Å²) in [4.78, 5) is 2.36. The summed E-state index contributed by atoms with van der Waals surface area (Å²) in [6, 6.07) is 0.479. The van der Waals surface area contributed by atoms with Gasteiger partial charge in [0.25, 0.3) is 0 Å². The summed E-state index contributed by atoms with van der Waals surface area (Å²) in [5, 5.41) is 3.32. The molecule has 3 nitrogen and oxygen atoms in total. The molecule has 64 valence electrons. The van der Waals surface area contributed by atoms with Crippen LogP contribution in [0.4, 0.5) is 0 Å². The number of nitrogens with two attached hydrogens (primary N) is 1. The van der Waals surface area contributed by atoms with Gasteiger partial charge in [0.15, 0.2) is 0 Å². The van der Waals surface area contributed by atoms with Crippen LogP contribution in [0.15, 0.2) is 12.7 Å². The third-order valence-corrected chi connectivity index (χ3v) is 2.09. The SMILES string of the molecule is C=CC1CNCCN1CCN. The minimum atomic E-state index is 0.479. The van der Waals surface area contributed by atoms with Crippen molar-refractivity contribution in [1.29, 1.82) is 0 Å². The second-order valence-electron chi connectivity index (χ2n) is 2.83. The third kappa shape index (κ3) is 2.29. The van der Waals surface area contributed by atoms with Gasteiger partial charge in [-0.15, -0.1) is 6.58 Å². The van der Waals surface area contributed by atoms with E-state index in [9.17, 15) is 0 Å². The van der Waals surface area contributed by atoms with Crippen molar-refractivity contribution >= 4 is 0 Å². The van der Waals surface area contributed by atoms with Crippen molar-refractivity contribution in [2.24, 2.45) is 5.73 Å². The van der Waals surface area contributed by atoms with Gasteiger partial charge in [0, 0.05) is 38.8 Å². The first-order valence-electron chi connectivity index (χ1n) is 4.16. The molecule has 1 fully saturated rings. The lowest BCUT2D eigenvalue weighted by atomic mass is 10.2. The predicted molar refractivity (Wildman–Crippen MR) is 47.5 cm³/mol. The van der Waals surface area contributed by atoms with Crippen molar-refractivity contribution < 1.29 is 0 Å². The van der Waals surface area contributed by atoms with Crippen LogP contribution in [0.1, 0.15) is 0 Å². The summed E-state index contributed by atoms with van der Waals surface area (Å²) in [7, 11) is 0. The van der Waals surface area contributed by atoms with E-state index in [1.54, 1.807) is 0 Å². The monoisotopic (exact) mass is 155 g/mol. The first-order chi connectivity index (χ1) is 5.38. The summed E-state index contributed by atoms with van der Waals surface area (Å²) >= 11 is 0. The van der Waals surface area contributed by atoms with Crippen molar-refractivity contribution in [3.63, 3.8) is 0 Å². The molecule has 0 saturated carbocycles. The quantitative estimate of drug-likeness (QED) is 0.535. The van der Waals surface area contributed by atoms with E-state index in [1.807, 2.05) is 6.08 Å². The van der Waals surface area contributed by atoms with Crippen molar-refractivity contribution in [1.82, 2.24) is 10.2 Å². The molecule has 1 aliphatic rings. The average Bonchev–Trinajstić information content (AvgIpc) is 2.06. The van der Waals surface area contributed by atoms with Gasteiger partial charge in [-0.25, -0.2) is 0 Å². The van der Waals surface area contributed by atoms with Crippen LogP contribution < -0.4 is 11.1 Å². The zero-order chi connectivity index (χ0) is 8.10. The van der Waals surface area contributed by atoms with Gasteiger partial charge in [-0.2, -0.15) is 0 Å². The summed E-state index contributed by atoms with van der Waals surface area (Å²) in [5.74, 6) is 0. The van der Waals surface area contributed by atoms with Gasteiger partial charge >= 0.3 is 0 Å². The largest absolute Gasteiger partial charge is 0.329 e. The molecule has 1 rings (SSSR count). The molecule has 0 bridgehead atoms. The molecule has 1 saturated heterocycles. The maximum Gasteiger partial charge on any atom is 0.0401 e. The van der Waals surface area contributed by atoms with Gasteiger partial charge < -0.3 is 11.1 Å². The van der Waals surface area contributed by atoms with Crippen LogP contribution in [0.2, 0.25) is 0 Å². The highest BCUT2D eigenvalue weighted by molar-refractivity contribution is 4.92. The minimum absolute atomic E-state index is 0.479.